The van der Waals surface area contributed by atoms with E-state index in [1.165, 1.54) is 11.0 Å². The Morgan fingerprint density at radius 2 is 1.73 bits per heavy atom. The highest BCUT2D eigenvalue weighted by molar-refractivity contribution is 6.13. The molecule has 216 valence electrons. The fourth-order valence-electron chi connectivity index (χ4n) is 4.09. The molecule has 0 unspecified atom stereocenters. The topological polar surface area (TPSA) is 178 Å². The molecule has 1 N–H and O–H groups in total. The monoisotopic (exact) mass is 562 g/mol. The zero-order valence-corrected chi connectivity index (χ0v) is 21.9. The summed E-state index contributed by atoms with van der Waals surface area (Å²) in [5.74, 6) is -4.99. The summed E-state index contributed by atoms with van der Waals surface area (Å²) in [6, 6.07) is 0. The lowest BCUT2D eigenvalue weighted by Crippen LogP contribution is -2.36. The van der Waals surface area contributed by atoms with Gasteiger partial charge in [-0.3, -0.25) is 38.1 Å². The number of halogens is 1. The number of carbonyl (C=O) groups is 7. The minimum absolute atomic E-state index is 0.0751. The van der Waals surface area contributed by atoms with Gasteiger partial charge in [0.2, 0.25) is 5.91 Å². The van der Waals surface area contributed by atoms with Crippen LogP contribution in [0.15, 0.2) is 18.3 Å². The van der Waals surface area contributed by atoms with Gasteiger partial charge >= 0.3 is 5.97 Å². The molecular weight excluding hydrogens is 531 g/mol. The lowest BCUT2D eigenvalue weighted by Gasteiger charge is -2.19. The zero-order chi connectivity index (χ0) is 29.1. The Morgan fingerprint density at radius 3 is 2.40 bits per heavy atom. The maximum absolute atomic E-state index is 12.8. The summed E-state index contributed by atoms with van der Waals surface area (Å²) >= 11 is 0. The summed E-state index contributed by atoms with van der Waals surface area (Å²) in [6.45, 7) is -0.454. The molecule has 14 nitrogen and oxygen atoms in total. The highest BCUT2D eigenvalue weighted by Gasteiger charge is 2.35. The number of aryl methyl sites for hydroxylation is 1. The van der Waals surface area contributed by atoms with Crippen LogP contribution in [0.4, 0.5) is 4.39 Å². The number of nitrogens with zero attached hydrogens (tertiary/aromatic N) is 5. The van der Waals surface area contributed by atoms with E-state index < -0.39 is 48.0 Å². The number of amides is 5. The standard InChI is InChI=1S/C25H31FN6O8/c26-11-3-5-18-15-28-31(29-18)16-20(34)27-12-2-1-4-17(25(39)40-32-23(37)8-9-24(32)38)14-19(33)10-13-30-21(35)6-7-22(30)36/h6-7,15,17H,1-5,8-14,16H2,(H,27,34)/t17-/m1/s1. The average molecular weight is 563 g/mol. The average Bonchev–Trinajstić information content (AvgIpc) is 3.60. The number of hydrogen-bond donors (Lipinski definition) is 1. The third-order valence-corrected chi connectivity index (χ3v) is 6.25. The van der Waals surface area contributed by atoms with Crippen LogP contribution in [-0.4, -0.2) is 86.0 Å². The van der Waals surface area contributed by atoms with E-state index in [0.717, 1.165) is 17.1 Å². The molecule has 40 heavy (non-hydrogen) atoms. The van der Waals surface area contributed by atoms with E-state index in [2.05, 4.69) is 15.5 Å². The summed E-state index contributed by atoms with van der Waals surface area (Å²) in [5.41, 5.74) is 0.588. The van der Waals surface area contributed by atoms with E-state index in [9.17, 15) is 38.0 Å². The molecule has 15 heteroatoms. The third kappa shape index (κ3) is 8.88. The molecule has 0 spiro atoms. The van der Waals surface area contributed by atoms with E-state index in [1.54, 1.807) is 0 Å². The molecule has 2 aliphatic rings. The number of hydrogen-bond acceptors (Lipinski definition) is 10. The van der Waals surface area contributed by atoms with Crippen molar-refractivity contribution in [1.82, 2.24) is 30.3 Å². The predicted molar refractivity (Wildman–Crippen MR) is 132 cm³/mol. The molecule has 0 radical (unpaired) electrons. The lowest BCUT2D eigenvalue weighted by atomic mass is 9.95. The second-order valence-electron chi connectivity index (χ2n) is 9.35. The van der Waals surface area contributed by atoms with E-state index in [0.29, 0.717) is 36.4 Å². The van der Waals surface area contributed by atoms with Gasteiger partial charge in [0.1, 0.15) is 12.3 Å². The van der Waals surface area contributed by atoms with Crippen molar-refractivity contribution < 1.29 is 42.8 Å². The number of aromatic nitrogens is 3. The molecule has 1 atom stereocenters. The van der Waals surface area contributed by atoms with Crippen molar-refractivity contribution in [2.24, 2.45) is 5.92 Å². The molecule has 0 bridgehead atoms. The van der Waals surface area contributed by atoms with Crippen molar-refractivity contribution in [3.8, 4) is 0 Å². The maximum Gasteiger partial charge on any atom is 0.336 e. The molecule has 2 aliphatic heterocycles. The van der Waals surface area contributed by atoms with Crippen molar-refractivity contribution in [1.29, 1.82) is 0 Å². The maximum atomic E-state index is 12.8. The smallest absolute Gasteiger partial charge is 0.336 e. The number of carbonyl (C=O) groups excluding carboxylic acids is 7. The van der Waals surface area contributed by atoms with Crippen molar-refractivity contribution in [3.63, 3.8) is 0 Å². The summed E-state index contributed by atoms with van der Waals surface area (Å²) in [4.78, 5) is 91.7. The van der Waals surface area contributed by atoms with Crippen LogP contribution in [0.25, 0.3) is 0 Å². The summed E-state index contributed by atoms with van der Waals surface area (Å²) in [6.07, 6.45) is 4.85. The molecule has 1 fully saturated rings. The molecule has 1 aromatic rings. The van der Waals surface area contributed by atoms with Crippen LogP contribution >= 0.6 is 0 Å². The first-order chi connectivity index (χ1) is 19.2. The van der Waals surface area contributed by atoms with Crippen LogP contribution in [0.5, 0.6) is 0 Å². The largest absolute Gasteiger partial charge is 0.354 e. The molecule has 0 aliphatic carbocycles. The fraction of sp³-hybridized carbons (Fsp3) is 0.560. The molecule has 1 aromatic heterocycles. The molecule has 1 saturated heterocycles. The first-order valence-corrected chi connectivity index (χ1v) is 13.0. The number of Topliss-reactive ketones (excluding diaryl/α,β-unsaturated/α-hetero) is 1. The first kappa shape index (κ1) is 30.2. The van der Waals surface area contributed by atoms with Crippen LogP contribution in [0.3, 0.4) is 0 Å². The number of rotatable bonds is 17. The SMILES string of the molecule is O=C(CCN1C(=O)C=CC1=O)C[C@@H](CCCCNC(=O)Cn1ncc(CCCF)n1)C(=O)ON1C(=O)CCC1=O. The second-order valence-corrected chi connectivity index (χ2v) is 9.35. The molecular formula is C25H31FN6O8. The van der Waals surface area contributed by atoms with Gasteiger partial charge in [-0.25, -0.2) is 4.79 Å². The van der Waals surface area contributed by atoms with Gasteiger partial charge in [0, 0.05) is 50.9 Å². The van der Waals surface area contributed by atoms with Gasteiger partial charge < -0.3 is 10.2 Å². The lowest BCUT2D eigenvalue weighted by molar-refractivity contribution is -0.201. The van der Waals surface area contributed by atoms with E-state index in [1.807, 2.05) is 0 Å². The van der Waals surface area contributed by atoms with E-state index in [-0.39, 0.29) is 57.6 Å². The second kappa shape index (κ2) is 14.7. The van der Waals surface area contributed by atoms with Crippen molar-refractivity contribution in [3.05, 3.63) is 24.0 Å². The van der Waals surface area contributed by atoms with Crippen molar-refractivity contribution >= 4 is 41.3 Å². The normalized spacial score (nSPS) is 15.7. The predicted octanol–water partition coefficient (Wildman–Crippen LogP) is -0.0356. The van der Waals surface area contributed by atoms with Crippen LogP contribution in [0, 0.1) is 5.92 Å². The highest BCUT2D eigenvalue weighted by atomic mass is 19.1. The number of hydroxylamine groups is 2. The summed E-state index contributed by atoms with van der Waals surface area (Å²) in [7, 11) is 0. The van der Waals surface area contributed by atoms with Gasteiger partial charge in [-0.2, -0.15) is 15.0 Å². The Kier molecular flexibility index (Phi) is 11.1. The van der Waals surface area contributed by atoms with Crippen molar-refractivity contribution in [2.75, 3.05) is 19.8 Å². The Hall–Kier alpha value is -4.30. The van der Waals surface area contributed by atoms with Gasteiger partial charge in [-0.1, -0.05) is 6.42 Å². The quantitative estimate of drug-likeness (QED) is 0.200. The van der Waals surface area contributed by atoms with E-state index in [4.69, 9.17) is 4.84 Å². The Bertz CT molecular complexity index is 1150. The Morgan fingerprint density at radius 1 is 1.02 bits per heavy atom. The zero-order valence-electron chi connectivity index (χ0n) is 21.9. The van der Waals surface area contributed by atoms with E-state index >= 15 is 0 Å². The molecule has 0 saturated carbocycles. The van der Waals surface area contributed by atoms with Crippen LogP contribution < -0.4 is 5.32 Å². The minimum Gasteiger partial charge on any atom is -0.354 e. The number of imide groups is 2. The number of nitrogens with one attached hydrogen (secondary N) is 1. The summed E-state index contributed by atoms with van der Waals surface area (Å²) < 4.78 is 12.3. The fourth-order valence-corrected chi connectivity index (χ4v) is 4.09. The van der Waals surface area contributed by atoms with Crippen LogP contribution in [0.1, 0.15) is 57.1 Å². The molecule has 3 rings (SSSR count). The first-order valence-electron chi connectivity index (χ1n) is 13.0. The van der Waals surface area contributed by atoms with Gasteiger partial charge in [0.15, 0.2) is 0 Å². The third-order valence-electron chi connectivity index (χ3n) is 6.25. The number of alkyl halides is 1. The van der Waals surface area contributed by atoms with Gasteiger partial charge in [-0.15, -0.1) is 5.06 Å². The van der Waals surface area contributed by atoms with Gasteiger partial charge in [0.25, 0.3) is 23.6 Å². The summed E-state index contributed by atoms with van der Waals surface area (Å²) in [5, 5.41) is 11.2. The Labute approximate surface area is 228 Å². The van der Waals surface area contributed by atoms with Gasteiger partial charge in [-0.05, 0) is 25.7 Å². The van der Waals surface area contributed by atoms with Crippen LogP contribution in [0.2, 0.25) is 0 Å². The number of ketones is 1. The highest BCUT2D eigenvalue weighted by Crippen LogP contribution is 2.20. The van der Waals surface area contributed by atoms with Crippen molar-refractivity contribution in [2.45, 2.75) is 64.3 Å². The Balaban J connectivity index is 1.45. The van der Waals surface area contributed by atoms with Gasteiger partial charge in [0.05, 0.1) is 24.5 Å². The minimum atomic E-state index is -0.983. The molecule has 5 amide bonds. The molecule has 3 heterocycles. The number of unbranched alkanes of at least 4 members (excludes halogenated alkanes) is 1. The molecule has 0 aromatic carbocycles. The van der Waals surface area contributed by atoms with Crippen LogP contribution in [-0.2, 0) is 51.4 Å².